The van der Waals surface area contributed by atoms with Gasteiger partial charge in [0.15, 0.2) is 6.10 Å². The second-order valence-corrected chi connectivity index (χ2v) is 15.1. The molecule has 0 rings (SSSR count). The Hall–Kier alpha value is -1.73. The molecule has 51 heavy (non-hydrogen) atoms. The molecule has 0 aliphatic rings. The van der Waals surface area contributed by atoms with Gasteiger partial charge in [-0.05, 0) is 77.6 Å². The van der Waals surface area contributed by atoms with E-state index < -0.39 is 26.5 Å². The van der Waals surface area contributed by atoms with Crippen LogP contribution in [0.1, 0.15) is 194 Å². The minimum absolute atomic E-state index is 0.00392. The fraction of sp³-hybridized carbons (Fsp3) is 0.810. The van der Waals surface area contributed by atoms with Crippen molar-refractivity contribution in [1.82, 2.24) is 0 Å². The van der Waals surface area contributed by atoms with Crippen LogP contribution in [0.4, 0.5) is 0 Å². The highest BCUT2D eigenvalue weighted by Crippen LogP contribution is 2.43. The van der Waals surface area contributed by atoms with Crippen LogP contribution in [0.25, 0.3) is 0 Å². The maximum Gasteiger partial charge on any atom is 0.472 e. The molecule has 2 atom stereocenters. The topological polar surface area (TPSA) is 108 Å². The molecule has 298 valence electrons. The fourth-order valence-electron chi connectivity index (χ4n) is 5.59. The number of carbonyl (C=O) groups is 2. The molecule has 0 fully saturated rings. The van der Waals surface area contributed by atoms with Gasteiger partial charge in [0.1, 0.15) is 6.61 Å². The molecule has 0 aromatic rings. The summed E-state index contributed by atoms with van der Waals surface area (Å²) in [4.78, 5) is 34.7. The van der Waals surface area contributed by atoms with E-state index >= 15 is 0 Å². The van der Waals surface area contributed by atoms with Crippen LogP contribution in [0, 0.1) is 0 Å². The molecule has 0 spiro atoms. The summed E-state index contributed by atoms with van der Waals surface area (Å²) in [5.74, 6) is -0.822. The minimum atomic E-state index is -4.28. The Bertz CT molecular complexity index is 932. The van der Waals surface area contributed by atoms with Crippen LogP contribution in [0.3, 0.4) is 0 Å². The smallest absolute Gasteiger partial charge is 0.462 e. The summed E-state index contributed by atoms with van der Waals surface area (Å²) in [6.45, 7) is 5.42. The van der Waals surface area contributed by atoms with E-state index in [-0.39, 0.29) is 32.0 Å². The maximum absolute atomic E-state index is 12.5. The molecule has 0 aromatic carbocycles. The zero-order chi connectivity index (χ0) is 37.5. The molecule has 0 aliphatic carbocycles. The van der Waals surface area contributed by atoms with Crippen molar-refractivity contribution in [3.05, 3.63) is 36.5 Å². The van der Waals surface area contributed by atoms with Gasteiger partial charge in [0.2, 0.25) is 0 Å². The largest absolute Gasteiger partial charge is 0.472 e. The molecule has 0 radical (unpaired) electrons. The van der Waals surface area contributed by atoms with Crippen LogP contribution in [0.5, 0.6) is 0 Å². The molecule has 2 unspecified atom stereocenters. The van der Waals surface area contributed by atoms with Crippen LogP contribution in [0.15, 0.2) is 36.5 Å². The molecule has 0 saturated carbocycles. The van der Waals surface area contributed by atoms with Crippen molar-refractivity contribution < 1.29 is 37.6 Å². The van der Waals surface area contributed by atoms with Gasteiger partial charge in [-0.25, -0.2) is 4.57 Å². The van der Waals surface area contributed by atoms with Gasteiger partial charge in [0.25, 0.3) is 0 Å². The van der Waals surface area contributed by atoms with E-state index in [1.807, 2.05) is 0 Å². The first kappa shape index (κ1) is 49.3. The Kier molecular flexibility index (Phi) is 36.7. The Morgan fingerprint density at radius 2 is 0.941 bits per heavy atom. The number of phosphoric acid groups is 1. The highest BCUT2D eigenvalue weighted by Gasteiger charge is 2.25. The zero-order valence-corrected chi connectivity index (χ0v) is 33.9. The number of esters is 2. The molecule has 1 N–H and O–H groups in total. The van der Waals surface area contributed by atoms with Crippen LogP contribution in [-0.4, -0.2) is 42.8 Å². The van der Waals surface area contributed by atoms with E-state index in [2.05, 4.69) is 50.3 Å². The van der Waals surface area contributed by atoms with Crippen molar-refractivity contribution in [1.29, 1.82) is 0 Å². The molecule has 0 heterocycles. The lowest BCUT2D eigenvalue weighted by molar-refractivity contribution is -0.161. The maximum atomic E-state index is 12.5. The lowest BCUT2D eigenvalue weighted by Crippen LogP contribution is -2.29. The third-order valence-electron chi connectivity index (χ3n) is 8.67. The molecular formula is C42H77O8P. The third kappa shape index (κ3) is 37.8. The summed E-state index contributed by atoms with van der Waals surface area (Å²) in [5, 5.41) is 0. The Labute approximate surface area is 313 Å². The van der Waals surface area contributed by atoms with Gasteiger partial charge in [-0.15, -0.1) is 0 Å². The number of hydrogen-bond donors (Lipinski definition) is 1. The van der Waals surface area contributed by atoms with Crippen molar-refractivity contribution in [2.45, 2.75) is 200 Å². The van der Waals surface area contributed by atoms with Gasteiger partial charge in [0.05, 0.1) is 13.2 Å². The van der Waals surface area contributed by atoms with E-state index in [1.54, 1.807) is 6.92 Å². The lowest BCUT2D eigenvalue weighted by atomic mass is 10.1. The van der Waals surface area contributed by atoms with E-state index in [0.717, 1.165) is 77.0 Å². The molecule has 0 saturated heterocycles. The third-order valence-corrected chi connectivity index (χ3v) is 9.73. The number of rotatable bonds is 38. The van der Waals surface area contributed by atoms with E-state index in [4.69, 9.17) is 18.5 Å². The van der Waals surface area contributed by atoms with Crippen molar-refractivity contribution in [3.63, 3.8) is 0 Å². The predicted octanol–water partition coefficient (Wildman–Crippen LogP) is 12.8. The monoisotopic (exact) mass is 741 g/mol. The Morgan fingerprint density at radius 1 is 0.529 bits per heavy atom. The average Bonchev–Trinajstić information content (AvgIpc) is 3.10. The van der Waals surface area contributed by atoms with Crippen molar-refractivity contribution >= 4 is 19.8 Å². The van der Waals surface area contributed by atoms with Crippen LogP contribution in [0.2, 0.25) is 0 Å². The first-order valence-corrected chi connectivity index (χ1v) is 22.3. The Balaban J connectivity index is 4.14. The number of unbranched alkanes of at least 4 members (excludes halogenated alkanes) is 20. The second-order valence-electron chi connectivity index (χ2n) is 13.6. The quantitative estimate of drug-likeness (QED) is 0.0288. The van der Waals surface area contributed by atoms with E-state index in [1.165, 1.54) is 77.0 Å². The SMILES string of the molecule is CCCCC/C=C\C/C=C\CCCCCCCC(=O)OC(COC(=O)CCCCCCC/C=C\CCCCCCCCC)COP(=O)(O)OCC. The summed E-state index contributed by atoms with van der Waals surface area (Å²) in [5.41, 5.74) is 0. The van der Waals surface area contributed by atoms with Gasteiger partial charge in [-0.3, -0.25) is 18.6 Å². The summed E-state index contributed by atoms with van der Waals surface area (Å²) in [6.07, 6.45) is 41.9. The van der Waals surface area contributed by atoms with Gasteiger partial charge in [-0.1, -0.05) is 140 Å². The van der Waals surface area contributed by atoms with Gasteiger partial charge < -0.3 is 14.4 Å². The molecule has 0 amide bonds. The fourth-order valence-corrected chi connectivity index (χ4v) is 6.35. The van der Waals surface area contributed by atoms with Crippen molar-refractivity contribution in [2.75, 3.05) is 19.8 Å². The first-order valence-electron chi connectivity index (χ1n) is 20.8. The molecule has 8 nitrogen and oxygen atoms in total. The van der Waals surface area contributed by atoms with Crippen LogP contribution >= 0.6 is 7.82 Å². The normalized spacial score (nSPS) is 13.7. The molecule has 0 bridgehead atoms. The lowest BCUT2D eigenvalue weighted by Gasteiger charge is -2.19. The highest BCUT2D eigenvalue weighted by atomic mass is 31.2. The van der Waals surface area contributed by atoms with Crippen LogP contribution < -0.4 is 0 Å². The molecule has 0 aromatic heterocycles. The van der Waals surface area contributed by atoms with Crippen molar-refractivity contribution in [3.8, 4) is 0 Å². The number of carbonyl (C=O) groups excluding carboxylic acids is 2. The highest BCUT2D eigenvalue weighted by molar-refractivity contribution is 7.47. The van der Waals surface area contributed by atoms with Gasteiger partial charge in [0, 0.05) is 12.8 Å². The summed E-state index contributed by atoms with van der Waals surface area (Å²) < 4.78 is 32.6. The van der Waals surface area contributed by atoms with Crippen molar-refractivity contribution in [2.24, 2.45) is 0 Å². The predicted molar refractivity (Wildman–Crippen MR) is 212 cm³/mol. The molecule has 9 heteroatoms. The number of ether oxygens (including phenoxy) is 2. The van der Waals surface area contributed by atoms with E-state index in [9.17, 15) is 19.0 Å². The number of phosphoric ester groups is 1. The molecule has 0 aliphatic heterocycles. The average molecular weight is 741 g/mol. The van der Waals surface area contributed by atoms with Gasteiger partial charge in [-0.2, -0.15) is 0 Å². The number of hydrogen-bond acceptors (Lipinski definition) is 7. The summed E-state index contributed by atoms with van der Waals surface area (Å²) >= 11 is 0. The molecular weight excluding hydrogens is 663 g/mol. The minimum Gasteiger partial charge on any atom is -0.462 e. The van der Waals surface area contributed by atoms with Crippen LogP contribution in [-0.2, 0) is 32.7 Å². The summed E-state index contributed by atoms with van der Waals surface area (Å²) in [6, 6.07) is 0. The van der Waals surface area contributed by atoms with Gasteiger partial charge >= 0.3 is 19.8 Å². The first-order chi connectivity index (χ1) is 24.8. The second kappa shape index (κ2) is 38.0. The standard InChI is InChI=1S/C42H77O8P/c1-4-7-9-11-13-15-17-19-21-23-24-26-28-30-32-34-36-41(43)47-38-40(39-49-51(45,46)48-6-3)50-42(44)37-35-33-31-29-27-25-22-20-18-16-14-12-10-8-5-2/h14,16,20-23,40H,4-13,15,17-19,24-39H2,1-3H3,(H,45,46)/b16-14-,22-20-,23-21-. The zero-order valence-electron chi connectivity index (χ0n) is 33.0. The van der Waals surface area contributed by atoms with E-state index in [0.29, 0.717) is 6.42 Å². The summed E-state index contributed by atoms with van der Waals surface area (Å²) in [7, 11) is -4.28. The number of allylic oxidation sites excluding steroid dienone is 6. The Morgan fingerprint density at radius 3 is 1.45 bits per heavy atom.